The molecule has 0 aliphatic carbocycles. The molecule has 0 heterocycles. The molecule has 0 saturated carbocycles. The fraction of sp³-hybridized carbons (Fsp3) is 0.455. The van der Waals surface area contributed by atoms with Gasteiger partial charge in [-0.2, -0.15) is 0 Å². The van der Waals surface area contributed by atoms with Crippen LogP contribution in [0.3, 0.4) is 0 Å². The van der Waals surface area contributed by atoms with Crippen LogP contribution in [-0.4, -0.2) is 20.6 Å². The molecule has 0 saturated heterocycles. The summed E-state index contributed by atoms with van der Waals surface area (Å²) < 4.78 is 0. The molecule has 0 aromatic heterocycles. The van der Waals surface area contributed by atoms with E-state index in [1.807, 2.05) is 6.92 Å². The SMILES string of the molecule is Cc1cc(C)c(CC([N+](=O)[O-])([N+](=O)[O-])[N+](=O)[O-])cc1C. The Morgan fingerprint density at radius 3 is 1.65 bits per heavy atom. The van der Waals surface area contributed by atoms with Crippen LogP contribution < -0.4 is 0 Å². The van der Waals surface area contributed by atoms with E-state index in [4.69, 9.17) is 0 Å². The van der Waals surface area contributed by atoms with Crippen LogP contribution in [0.25, 0.3) is 0 Å². The number of rotatable bonds is 5. The van der Waals surface area contributed by atoms with Crippen LogP contribution in [0.5, 0.6) is 0 Å². The second-order valence-electron chi connectivity index (χ2n) is 4.59. The topological polar surface area (TPSA) is 129 Å². The standard InChI is InChI=1S/C11H13N3O6/c1-7-4-9(3)10(5-8(7)2)6-11(12(15)16,13(17)18)14(19)20/h4-5H,6H2,1-3H3. The molecule has 20 heavy (non-hydrogen) atoms. The normalized spacial score (nSPS) is 11.2. The fourth-order valence-corrected chi connectivity index (χ4v) is 1.86. The van der Waals surface area contributed by atoms with Crippen molar-refractivity contribution < 1.29 is 14.8 Å². The molecule has 108 valence electrons. The predicted molar refractivity (Wildman–Crippen MR) is 68.1 cm³/mol. The van der Waals surface area contributed by atoms with Crippen molar-refractivity contribution in [1.82, 2.24) is 0 Å². The zero-order chi connectivity index (χ0) is 15.7. The highest BCUT2D eigenvalue weighted by atomic mass is 16.7. The summed E-state index contributed by atoms with van der Waals surface area (Å²) in [5.74, 6) is -3.45. The monoisotopic (exact) mass is 283 g/mol. The molecule has 1 aromatic carbocycles. The molecule has 1 rings (SSSR count). The Balaban J connectivity index is 3.41. The predicted octanol–water partition coefficient (Wildman–Crippen LogP) is 1.64. The third kappa shape index (κ3) is 2.42. The van der Waals surface area contributed by atoms with E-state index in [-0.39, 0.29) is 5.56 Å². The van der Waals surface area contributed by atoms with E-state index < -0.39 is 27.0 Å². The first kappa shape index (κ1) is 15.5. The highest BCUT2D eigenvalue weighted by Crippen LogP contribution is 2.24. The quantitative estimate of drug-likeness (QED) is 0.458. The van der Waals surface area contributed by atoms with Crippen molar-refractivity contribution in [2.75, 3.05) is 0 Å². The van der Waals surface area contributed by atoms with Gasteiger partial charge in [0, 0.05) is 0 Å². The van der Waals surface area contributed by atoms with E-state index >= 15 is 0 Å². The molecule has 0 aliphatic heterocycles. The van der Waals surface area contributed by atoms with Crippen molar-refractivity contribution in [1.29, 1.82) is 0 Å². The highest BCUT2D eigenvalue weighted by molar-refractivity contribution is 5.36. The average molecular weight is 283 g/mol. The van der Waals surface area contributed by atoms with E-state index in [9.17, 15) is 30.3 Å². The zero-order valence-corrected chi connectivity index (χ0v) is 11.2. The number of hydrogen-bond acceptors (Lipinski definition) is 6. The lowest BCUT2D eigenvalue weighted by Crippen LogP contribution is -2.55. The molecule has 0 fully saturated rings. The Morgan fingerprint density at radius 2 is 1.25 bits per heavy atom. The van der Waals surface area contributed by atoms with Crippen molar-refractivity contribution in [2.45, 2.75) is 33.0 Å². The smallest absolute Gasteiger partial charge is 0.253 e. The Kier molecular flexibility index (Phi) is 4.02. The van der Waals surface area contributed by atoms with Crippen LogP contribution in [0.1, 0.15) is 22.3 Å². The Hall–Kier alpha value is -2.58. The van der Waals surface area contributed by atoms with Crippen LogP contribution in [0, 0.1) is 51.1 Å². The van der Waals surface area contributed by atoms with Crippen LogP contribution in [0.2, 0.25) is 0 Å². The van der Waals surface area contributed by atoms with Crippen LogP contribution in [0.15, 0.2) is 12.1 Å². The first-order chi connectivity index (χ1) is 9.12. The van der Waals surface area contributed by atoms with E-state index in [0.29, 0.717) is 5.56 Å². The van der Waals surface area contributed by atoms with Gasteiger partial charge in [-0.15, -0.1) is 0 Å². The third-order valence-electron chi connectivity index (χ3n) is 3.26. The van der Waals surface area contributed by atoms with Crippen molar-refractivity contribution in [3.63, 3.8) is 0 Å². The van der Waals surface area contributed by atoms with Gasteiger partial charge in [-0.25, -0.2) is 0 Å². The minimum atomic E-state index is -3.45. The summed E-state index contributed by atoms with van der Waals surface area (Å²) in [7, 11) is 0. The average Bonchev–Trinajstić information content (AvgIpc) is 2.30. The molecule has 9 heteroatoms. The van der Waals surface area contributed by atoms with Gasteiger partial charge in [0.1, 0.15) is 0 Å². The summed E-state index contributed by atoms with van der Waals surface area (Å²) in [6, 6.07) is 3.20. The summed E-state index contributed by atoms with van der Waals surface area (Å²) in [4.78, 5) is 28.3. The number of aryl methyl sites for hydroxylation is 3. The van der Waals surface area contributed by atoms with Crippen molar-refractivity contribution in [3.8, 4) is 0 Å². The van der Waals surface area contributed by atoms with Gasteiger partial charge in [0.25, 0.3) is 0 Å². The number of nitro groups is 3. The molecule has 0 radical (unpaired) electrons. The minimum Gasteiger partial charge on any atom is -0.253 e. The lowest BCUT2D eigenvalue weighted by atomic mass is 9.96. The third-order valence-corrected chi connectivity index (χ3v) is 3.26. The second kappa shape index (κ2) is 5.19. The molecular formula is C11H13N3O6. The Morgan fingerprint density at radius 1 is 0.850 bits per heavy atom. The molecule has 0 aliphatic rings. The van der Waals surface area contributed by atoms with Crippen LogP contribution in [-0.2, 0) is 6.42 Å². The Bertz CT molecular complexity index is 562. The van der Waals surface area contributed by atoms with Gasteiger partial charge in [0.05, 0.1) is 0 Å². The highest BCUT2D eigenvalue weighted by Gasteiger charge is 2.70. The van der Waals surface area contributed by atoms with Gasteiger partial charge >= 0.3 is 5.79 Å². The van der Waals surface area contributed by atoms with Crippen molar-refractivity contribution in [2.24, 2.45) is 0 Å². The van der Waals surface area contributed by atoms with Crippen molar-refractivity contribution >= 4 is 0 Å². The van der Waals surface area contributed by atoms with E-state index in [1.54, 1.807) is 19.9 Å². The molecular weight excluding hydrogens is 270 g/mol. The van der Waals surface area contributed by atoms with Crippen molar-refractivity contribution in [3.05, 3.63) is 64.7 Å². The van der Waals surface area contributed by atoms with Gasteiger partial charge in [0.15, 0.2) is 21.2 Å². The molecule has 0 bridgehead atoms. The molecule has 0 spiro atoms. The van der Waals surface area contributed by atoms with Crippen LogP contribution >= 0.6 is 0 Å². The molecule has 0 atom stereocenters. The van der Waals surface area contributed by atoms with E-state index in [0.717, 1.165) is 11.1 Å². The summed E-state index contributed by atoms with van der Waals surface area (Å²) in [6.45, 7) is 5.14. The molecule has 0 amide bonds. The largest absolute Gasteiger partial charge is 0.703 e. The van der Waals surface area contributed by atoms with Gasteiger partial charge in [-0.05, 0) is 43.0 Å². The maximum absolute atomic E-state index is 10.9. The fourth-order valence-electron chi connectivity index (χ4n) is 1.86. The van der Waals surface area contributed by atoms with Gasteiger partial charge in [0.2, 0.25) is 0 Å². The summed E-state index contributed by atoms with van der Waals surface area (Å²) >= 11 is 0. The molecule has 0 unspecified atom stereocenters. The van der Waals surface area contributed by atoms with E-state index in [1.165, 1.54) is 6.07 Å². The lowest BCUT2D eigenvalue weighted by Gasteiger charge is -2.12. The minimum absolute atomic E-state index is 0.221. The molecule has 1 aromatic rings. The second-order valence-corrected chi connectivity index (χ2v) is 4.59. The lowest BCUT2D eigenvalue weighted by molar-refractivity contribution is -0.969. The summed E-state index contributed by atoms with van der Waals surface area (Å²) in [5, 5.41) is 32.7. The van der Waals surface area contributed by atoms with E-state index in [2.05, 4.69) is 0 Å². The summed E-state index contributed by atoms with van der Waals surface area (Å²) in [6.07, 6.45) is -0.896. The maximum Gasteiger partial charge on any atom is 0.703 e. The molecule has 9 nitrogen and oxygen atoms in total. The van der Waals surface area contributed by atoms with Gasteiger partial charge < -0.3 is 0 Å². The van der Waals surface area contributed by atoms with Gasteiger partial charge in [-0.1, -0.05) is 12.1 Å². The van der Waals surface area contributed by atoms with Gasteiger partial charge in [-0.3, -0.25) is 30.3 Å². The molecule has 0 N–H and O–H groups in total. The Labute approximate surface area is 113 Å². The van der Waals surface area contributed by atoms with Crippen LogP contribution in [0.4, 0.5) is 0 Å². The number of hydrogen-bond donors (Lipinski definition) is 0. The number of nitrogens with zero attached hydrogens (tertiary/aromatic N) is 3. The first-order valence-corrected chi connectivity index (χ1v) is 5.63. The summed E-state index contributed by atoms with van der Waals surface area (Å²) in [5.41, 5.74) is 2.43. The number of benzene rings is 1. The first-order valence-electron chi connectivity index (χ1n) is 5.63. The maximum atomic E-state index is 10.9. The zero-order valence-electron chi connectivity index (χ0n) is 11.2.